The van der Waals surface area contributed by atoms with Crippen molar-refractivity contribution in [2.24, 2.45) is 0 Å². The molecule has 0 saturated carbocycles. The Balaban J connectivity index is 1.72. The van der Waals surface area contributed by atoms with Gasteiger partial charge in [0.2, 0.25) is 0 Å². The summed E-state index contributed by atoms with van der Waals surface area (Å²) >= 11 is 0. The lowest BCUT2D eigenvalue weighted by Gasteiger charge is -2.34. The Labute approximate surface area is 224 Å². The van der Waals surface area contributed by atoms with Crippen LogP contribution in [0.4, 0.5) is 5.69 Å². The van der Waals surface area contributed by atoms with Crippen molar-refractivity contribution in [2.75, 3.05) is 18.1 Å². The van der Waals surface area contributed by atoms with Crippen LogP contribution in [0.3, 0.4) is 0 Å². The smallest absolute Gasteiger partial charge is 0.111 e. The first-order chi connectivity index (χ1) is 17.8. The molecule has 0 aromatic heterocycles. The fourth-order valence-electron chi connectivity index (χ4n) is 6.42. The monoisotopic (exact) mass is 506 g/mol. The van der Waals surface area contributed by atoms with Gasteiger partial charge >= 0.3 is 0 Å². The van der Waals surface area contributed by atoms with Gasteiger partial charge in [0.1, 0.15) is 5.82 Å². The molecular formula is C34H39N2P. The summed E-state index contributed by atoms with van der Waals surface area (Å²) in [6.45, 7) is 16.8. The third-order valence-corrected chi connectivity index (χ3v) is 9.99. The number of nitrogens with zero attached hydrogens (tertiary/aromatic N) is 1. The van der Waals surface area contributed by atoms with Gasteiger partial charge in [-0.3, -0.25) is 0 Å². The topological polar surface area (TPSA) is 15.3 Å². The highest BCUT2D eigenvalue weighted by molar-refractivity contribution is 7.69. The first kappa shape index (κ1) is 25.6. The van der Waals surface area contributed by atoms with E-state index in [1.807, 2.05) is 0 Å². The van der Waals surface area contributed by atoms with E-state index in [1.165, 1.54) is 66.6 Å². The summed E-state index contributed by atoms with van der Waals surface area (Å²) in [5.41, 5.74) is 12.3. The minimum absolute atomic E-state index is 0.246. The Morgan fingerprint density at radius 2 is 1.41 bits per heavy atom. The van der Waals surface area contributed by atoms with Crippen LogP contribution in [-0.2, 0) is 0 Å². The van der Waals surface area contributed by atoms with Crippen LogP contribution in [0.15, 0.2) is 89.5 Å². The maximum absolute atomic E-state index is 3.94. The molecule has 190 valence electrons. The third-order valence-electron chi connectivity index (χ3n) is 7.78. The van der Waals surface area contributed by atoms with E-state index in [1.54, 1.807) is 0 Å². The number of aryl methyl sites for hydroxylation is 6. The van der Waals surface area contributed by atoms with Gasteiger partial charge in [0.05, 0.1) is 6.04 Å². The molecule has 37 heavy (non-hydrogen) atoms. The van der Waals surface area contributed by atoms with Gasteiger partial charge in [0.25, 0.3) is 0 Å². The Kier molecular flexibility index (Phi) is 7.15. The molecule has 1 N–H and O–H groups in total. The van der Waals surface area contributed by atoms with E-state index in [0.29, 0.717) is 0 Å². The van der Waals surface area contributed by atoms with Gasteiger partial charge in [-0.15, -0.1) is 0 Å². The van der Waals surface area contributed by atoms with Crippen LogP contribution in [0.2, 0.25) is 0 Å². The predicted octanol–water partition coefficient (Wildman–Crippen LogP) is 8.18. The molecule has 0 radical (unpaired) electrons. The summed E-state index contributed by atoms with van der Waals surface area (Å²) in [7, 11) is -0.458. The second-order valence-corrected chi connectivity index (χ2v) is 12.8. The molecule has 0 amide bonds. The molecule has 3 aromatic carbocycles. The fraction of sp³-hybridized carbons (Fsp3) is 0.294. The normalized spacial score (nSPS) is 20.1. The summed E-state index contributed by atoms with van der Waals surface area (Å²) in [5, 5.41) is 6.83. The summed E-state index contributed by atoms with van der Waals surface area (Å²) in [5.74, 6) is 1.28. The van der Waals surface area contributed by atoms with Crippen molar-refractivity contribution in [1.29, 1.82) is 0 Å². The van der Waals surface area contributed by atoms with Gasteiger partial charge in [-0.2, -0.15) is 0 Å². The maximum atomic E-state index is 3.94. The molecule has 1 saturated heterocycles. The van der Waals surface area contributed by atoms with Gasteiger partial charge in [-0.25, -0.2) is 0 Å². The minimum Gasteiger partial charge on any atom is -0.369 e. The zero-order valence-corrected chi connectivity index (χ0v) is 24.2. The van der Waals surface area contributed by atoms with E-state index in [0.717, 1.165) is 13.0 Å². The minimum atomic E-state index is -0.458. The van der Waals surface area contributed by atoms with Crippen molar-refractivity contribution in [3.63, 3.8) is 0 Å². The summed E-state index contributed by atoms with van der Waals surface area (Å²) < 4.78 is 0. The van der Waals surface area contributed by atoms with Crippen molar-refractivity contribution in [3.05, 3.63) is 128 Å². The van der Waals surface area contributed by atoms with Crippen molar-refractivity contribution < 1.29 is 0 Å². The van der Waals surface area contributed by atoms with Crippen LogP contribution in [0.5, 0.6) is 0 Å². The largest absolute Gasteiger partial charge is 0.369 e. The van der Waals surface area contributed by atoms with E-state index >= 15 is 0 Å². The highest BCUT2D eigenvalue weighted by Crippen LogP contribution is 2.50. The van der Waals surface area contributed by atoms with Crippen LogP contribution in [-0.4, -0.2) is 13.2 Å². The molecule has 2 atom stereocenters. The van der Waals surface area contributed by atoms with Crippen molar-refractivity contribution in [2.45, 2.75) is 54.0 Å². The van der Waals surface area contributed by atoms with Crippen LogP contribution >= 0.6 is 7.92 Å². The molecule has 3 aromatic rings. The molecule has 2 aliphatic rings. The SMILES string of the molecule is Cc1cc(C)c(C2CNC(=C3CC=CC=C3P(C)c3ccccc3)N2c2c(C)cc(C)cc2C)c(C)c1. The molecular weight excluding hydrogens is 467 g/mol. The fourth-order valence-corrected chi connectivity index (χ4v) is 8.23. The molecule has 1 aliphatic heterocycles. The predicted molar refractivity (Wildman–Crippen MR) is 162 cm³/mol. The van der Waals surface area contributed by atoms with Crippen molar-refractivity contribution in [1.82, 2.24) is 5.32 Å². The Morgan fingerprint density at radius 3 is 2.03 bits per heavy atom. The van der Waals surface area contributed by atoms with Gasteiger partial charge in [-0.1, -0.05) is 84.0 Å². The van der Waals surface area contributed by atoms with E-state index in [-0.39, 0.29) is 6.04 Å². The first-order valence-corrected chi connectivity index (χ1v) is 15.1. The van der Waals surface area contributed by atoms with E-state index in [2.05, 4.69) is 131 Å². The Morgan fingerprint density at radius 1 is 0.811 bits per heavy atom. The zero-order chi connectivity index (χ0) is 26.3. The van der Waals surface area contributed by atoms with Gasteiger partial charge < -0.3 is 10.2 Å². The number of nitrogens with one attached hydrogen (secondary N) is 1. The molecule has 5 rings (SSSR count). The molecule has 0 bridgehead atoms. The highest BCUT2D eigenvalue weighted by atomic mass is 31.1. The second kappa shape index (κ2) is 10.3. The molecule has 2 unspecified atom stereocenters. The third kappa shape index (κ3) is 4.80. The molecule has 1 aliphatic carbocycles. The zero-order valence-electron chi connectivity index (χ0n) is 23.3. The average Bonchev–Trinajstić information content (AvgIpc) is 3.26. The molecule has 1 heterocycles. The number of benzene rings is 3. The lowest BCUT2D eigenvalue weighted by Crippen LogP contribution is -2.27. The number of anilines is 1. The summed E-state index contributed by atoms with van der Waals surface area (Å²) in [4.78, 5) is 2.64. The highest BCUT2D eigenvalue weighted by Gasteiger charge is 2.37. The number of hydrogen-bond donors (Lipinski definition) is 1. The van der Waals surface area contributed by atoms with Crippen LogP contribution in [0, 0.1) is 41.5 Å². The van der Waals surface area contributed by atoms with Gasteiger partial charge in [0, 0.05) is 17.8 Å². The Hall–Kier alpha value is -3.09. The number of allylic oxidation sites excluding steroid dienone is 5. The standard InChI is InChI=1S/C34H39N2P/c1-22-17-24(3)32(25(4)18-22)30-21-35-34(36(30)33-26(5)19-23(2)20-27(33)6)29-15-11-12-16-31(29)37(7)28-13-9-8-10-14-28/h8-14,16-20,30,35H,15,21H2,1-7H3. The van der Waals surface area contributed by atoms with Crippen LogP contribution in [0.25, 0.3) is 0 Å². The summed E-state index contributed by atoms with van der Waals surface area (Å²) in [6.07, 6.45) is 7.86. The average molecular weight is 507 g/mol. The van der Waals surface area contributed by atoms with Gasteiger partial charge in [0.15, 0.2) is 0 Å². The maximum Gasteiger partial charge on any atom is 0.111 e. The Bertz CT molecular complexity index is 1380. The molecule has 2 nitrogen and oxygen atoms in total. The van der Waals surface area contributed by atoms with Crippen LogP contribution in [0.1, 0.15) is 51.4 Å². The van der Waals surface area contributed by atoms with E-state index < -0.39 is 7.92 Å². The number of hydrogen-bond acceptors (Lipinski definition) is 2. The first-order valence-electron chi connectivity index (χ1n) is 13.3. The second-order valence-electron chi connectivity index (χ2n) is 10.7. The van der Waals surface area contributed by atoms with Gasteiger partial charge in [-0.05, 0) is 101 Å². The number of rotatable bonds is 4. The van der Waals surface area contributed by atoms with Crippen molar-refractivity contribution >= 4 is 18.9 Å². The van der Waals surface area contributed by atoms with E-state index in [9.17, 15) is 0 Å². The molecule has 1 fully saturated rings. The summed E-state index contributed by atoms with van der Waals surface area (Å²) in [6, 6.07) is 20.6. The van der Waals surface area contributed by atoms with Crippen molar-refractivity contribution in [3.8, 4) is 0 Å². The van der Waals surface area contributed by atoms with Crippen LogP contribution < -0.4 is 15.5 Å². The quantitative estimate of drug-likeness (QED) is 0.359. The molecule has 0 spiro atoms. The lowest BCUT2D eigenvalue weighted by molar-refractivity contribution is 0.741. The lowest BCUT2D eigenvalue weighted by atomic mass is 9.92. The van der Waals surface area contributed by atoms with E-state index in [4.69, 9.17) is 0 Å². The molecule has 3 heteroatoms.